The summed E-state index contributed by atoms with van der Waals surface area (Å²) < 4.78 is 0. The van der Waals surface area contributed by atoms with Crippen molar-refractivity contribution in [3.05, 3.63) is 28.8 Å². The molecular weight excluding hydrogens is 182 g/mol. The number of phenols is 1. The first-order valence-corrected chi connectivity index (χ1v) is 4.44. The Morgan fingerprint density at radius 2 is 2.21 bits per heavy atom. The van der Waals surface area contributed by atoms with E-state index in [1.54, 1.807) is 6.07 Å². The number of aromatic carboxylic acids is 1. The fraction of sp³-hybridized carbons (Fsp3) is 0.300. The summed E-state index contributed by atoms with van der Waals surface area (Å²) in [6.07, 6.45) is 1.49. The van der Waals surface area contributed by atoms with Crippen LogP contribution < -0.4 is 5.73 Å². The number of carbonyl (C=O) groups is 1. The lowest BCUT2D eigenvalue weighted by atomic mass is 10.0. The number of aromatic hydroxyl groups is 1. The molecule has 0 aromatic heterocycles. The standard InChI is InChI=1S/C10H11NO3/c11-8-2-1-5-3-6(12)4-7(9(5)8)10(13)14/h3-4,8,12H,1-2,11H2,(H,13,14)/t8-/m0/s1. The number of aryl methyl sites for hydroxylation is 1. The topological polar surface area (TPSA) is 83.5 Å². The van der Waals surface area contributed by atoms with Crippen molar-refractivity contribution < 1.29 is 15.0 Å². The van der Waals surface area contributed by atoms with E-state index in [4.69, 9.17) is 10.8 Å². The second-order valence-electron chi connectivity index (χ2n) is 3.52. The van der Waals surface area contributed by atoms with Crippen LogP contribution in [0, 0.1) is 0 Å². The van der Waals surface area contributed by atoms with Crippen LogP contribution in [0.15, 0.2) is 12.1 Å². The average Bonchev–Trinajstić information content (AvgIpc) is 2.46. The molecule has 0 saturated heterocycles. The largest absolute Gasteiger partial charge is 0.508 e. The molecule has 0 unspecified atom stereocenters. The first kappa shape index (κ1) is 9.02. The van der Waals surface area contributed by atoms with Gasteiger partial charge in [-0.3, -0.25) is 0 Å². The number of hydrogen-bond acceptors (Lipinski definition) is 3. The molecule has 0 fully saturated rings. The highest BCUT2D eigenvalue weighted by Crippen LogP contribution is 2.34. The van der Waals surface area contributed by atoms with E-state index in [1.807, 2.05) is 0 Å². The Labute approximate surface area is 81.0 Å². The van der Waals surface area contributed by atoms with E-state index >= 15 is 0 Å². The fourth-order valence-corrected chi connectivity index (χ4v) is 1.97. The summed E-state index contributed by atoms with van der Waals surface area (Å²) in [6.45, 7) is 0. The molecule has 1 aromatic rings. The minimum absolute atomic E-state index is 0.00440. The second kappa shape index (κ2) is 2.99. The van der Waals surface area contributed by atoms with Gasteiger partial charge >= 0.3 is 5.97 Å². The van der Waals surface area contributed by atoms with Crippen molar-refractivity contribution in [2.75, 3.05) is 0 Å². The molecule has 0 amide bonds. The van der Waals surface area contributed by atoms with Crippen LogP contribution in [0.1, 0.15) is 33.9 Å². The number of carboxylic acid groups (broad SMARTS) is 1. The molecule has 0 heterocycles. The summed E-state index contributed by atoms with van der Waals surface area (Å²) >= 11 is 0. The molecule has 14 heavy (non-hydrogen) atoms. The summed E-state index contributed by atoms with van der Waals surface area (Å²) in [5.74, 6) is -1.04. The Bertz CT molecular complexity index is 401. The Balaban J connectivity index is 2.65. The van der Waals surface area contributed by atoms with Gasteiger partial charge in [0.25, 0.3) is 0 Å². The van der Waals surface area contributed by atoms with Gasteiger partial charge in [-0.25, -0.2) is 4.79 Å². The van der Waals surface area contributed by atoms with Crippen molar-refractivity contribution in [2.24, 2.45) is 5.73 Å². The maximum Gasteiger partial charge on any atom is 0.336 e. The summed E-state index contributed by atoms with van der Waals surface area (Å²) in [5, 5.41) is 18.2. The molecular formula is C10H11NO3. The average molecular weight is 193 g/mol. The molecule has 0 saturated carbocycles. The third-order valence-electron chi connectivity index (χ3n) is 2.58. The van der Waals surface area contributed by atoms with Gasteiger partial charge in [-0.2, -0.15) is 0 Å². The summed E-state index contributed by atoms with van der Waals surface area (Å²) in [5.41, 5.74) is 7.45. The zero-order valence-corrected chi connectivity index (χ0v) is 7.53. The van der Waals surface area contributed by atoms with Crippen LogP contribution in [0.4, 0.5) is 0 Å². The van der Waals surface area contributed by atoms with E-state index in [2.05, 4.69) is 0 Å². The lowest BCUT2D eigenvalue weighted by molar-refractivity contribution is 0.0694. The Morgan fingerprint density at radius 1 is 1.50 bits per heavy atom. The molecule has 0 aliphatic heterocycles. The molecule has 4 heteroatoms. The van der Waals surface area contributed by atoms with Crippen molar-refractivity contribution in [3.63, 3.8) is 0 Å². The maximum atomic E-state index is 10.9. The number of fused-ring (bicyclic) bond motifs is 1. The fourth-order valence-electron chi connectivity index (χ4n) is 1.97. The minimum atomic E-state index is -1.03. The van der Waals surface area contributed by atoms with Gasteiger partial charge in [0, 0.05) is 6.04 Å². The molecule has 0 spiro atoms. The Morgan fingerprint density at radius 3 is 2.86 bits per heavy atom. The first-order chi connectivity index (χ1) is 6.59. The molecule has 1 aliphatic carbocycles. The van der Waals surface area contributed by atoms with Crippen molar-refractivity contribution in [3.8, 4) is 5.75 Å². The molecule has 1 aromatic carbocycles. The summed E-state index contributed by atoms with van der Waals surface area (Å²) in [4.78, 5) is 10.9. The number of hydrogen-bond donors (Lipinski definition) is 3. The number of rotatable bonds is 1. The van der Waals surface area contributed by atoms with Crippen molar-refractivity contribution in [1.82, 2.24) is 0 Å². The predicted octanol–water partition coefficient (Wildman–Crippen LogP) is 1.04. The van der Waals surface area contributed by atoms with E-state index in [0.29, 0.717) is 5.56 Å². The zero-order chi connectivity index (χ0) is 10.3. The van der Waals surface area contributed by atoms with Crippen molar-refractivity contribution >= 4 is 5.97 Å². The molecule has 74 valence electrons. The Hall–Kier alpha value is -1.55. The third-order valence-corrected chi connectivity index (χ3v) is 2.58. The van der Waals surface area contributed by atoms with Gasteiger partial charge in [0.1, 0.15) is 5.75 Å². The second-order valence-corrected chi connectivity index (χ2v) is 3.52. The van der Waals surface area contributed by atoms with Crippen LogP contribution in [0.25, 0.3) is 0 Å². The van der Waals surface area contributed by atoms with Crippen LogP contribution in [0.3, 0.4) is 0 Å². The lowest BCUT2D eigenvalue weighted by Crippen LogP contribution is -2.11. The Kier molecular flexibility index (Phi) is 1.93. The number of benzene rings is 1. The highest BCUT2D eigenvalue weighted by molar-refractivity contribution is 5.91. The van der Waals surface area contributed by atoms with E-state index in [0.717, 1.165) is 18.4 Å². The van der Waals surface area contributed by atoms with Gasteiger partial charge in [0.15, 0.2) is 0 Å². The number of phenolic OH excluding ortho intramolecular Hbond substituents is 1. The molecule has 1 aliphatic rings. The van der Waals surface area contributed by atoms with E-state index in [1.165, 1.54) is 6.07 Å². The van der Waals surface area contributed by atoms with Crippen molar-refractivity contribution in [1.29, 1.82) is 0 Å². The molecule has 1 atom stereocenters. The van der Waals surface area contributed by atoms with Crippen LogP contribution in [0.2, 0.25) is 0 Å². The van der Waals surface area contributed by atoms with Crippen LogP contribution in [-0.4, -0.2) is 16.2 Å². The molecule has 2 rings (SSSR count). The van der Waals surface area contributed by atoms with Crippen LogP contribution in [-0.2, 0) is 6.42 Å². The SMILES string of the molecule is N[C@H]1CCc2cc(O)cc(C(=O)O)c21. The van der Waals surface area contributed by atoms with Gasteiger partial charge in [0.05, 0.1) is 5.56 Å². The highest BCUT2D eigenvalue weighted by Gasteiger charge is 2.25. The van der Waals surface area contributed by atoms with Gasteiger partial charge in [-0.1, -0.05) is 0 Å². The summed E-state index contributed by atoms with van der Waals surface area (Å²) in [6, 6.07) is 2.64. The van der Waals surface area contributed by atoms with E-state index in [-0.39, 0.29) is 17.4 Å². The lowest BCUT2D eigenvalue weighted by Gasteiger charge is -2.09. The first-order valence-electron chi connectivity index (χ1n) is 4.44. The molecule has 0 bridgehead atoms. The minimum Gasteiger partial charge on any atom is -0.508 e. The van der Waals surface area contributed by atoms with E-state index in [9.17, 15) is 9.90 Å². The van der Waals surface area contributed by atoms with Gasteiger partial charge in [0.2, 0.25) is 0 Å². The van der Waals surface area contributed by atoms with Crippen LogP contribution in [0.5, 0.6) is 5.75 Å². The van der Waals surface area contributed by atoms with Gasteiger partial charge in [-0.15, -0.1) is 0 Å². The van der Waals surface area contributed by atoms with Crippen LogP contribution >= 0.6 is 0 Å². The van der Waals surface area contributed by atoms with E-state index < -0.39 is 5.97 Å². The smallest absolute Gasteiger partial charge is 0.336 e. The van der Waals surface area contributed by atoms with Crippen molar-refractivity contribution in [2.45, 2.75) is 18.9 Å². The summed E-state index contributed by atoms with van der Waals surface area (Å²) in [7, 11) is 0. The number of nitrogens with two attached hydrogens (primary N) is 1. The molecule has 4 N–H and O–H groups in total. The zero-order valence-electron chi connectivity index (χ0n) is 7.53. The maximum absolute atomic E-state index is 10.9. The molecule has 0 radical (unpaired) electrons. The van der Waals surface area contributed by atoms with Gasteiger partial charge in [-0.05, 0) is 36.1 Å². The van der Waals surface area contributed by atoms with Gasteiger partial charge < -0.3 is 15.9 Å². The number of carboxylic acids is 1. The molecule has 4 nitrogen and oxygen atoms in total. The normalized spacial score (nSPS) is 19.4. The highest BCUT2D eigenvalue weighted by atomic mass is 16.4. The third kappa shape index (κ3) is 1.24. The predicted molar refractivity (Wildman–Crippen MR) is 50.3 cm³/mol. The monoisotopic (exact) mass is 193 g/mol. The quantitative estimate of drug-likeness (QED) is 0.622.